The second-order valence-corrected chi connectivity index (χ2v) is 9.02. The second-order valence-electron chi connectivity index (χ2n) is 8.04. The average molecular weight is 446 g/mol. The number of hydrogen-bond donors (Lipinski definition) is 2. The first-order valence-electron chi connectivity index (χ1n) is 11.0. The minimum atomic E-state index is -0.418. The third-order valence-corrected chi connectivity index (χ3v) is 7.10. The molecular weight excluding hydrogens is 418 g/mol. The van der Waals surface area contributed by atoms with E-state index in [1.165, 1.54) is 4.88 Å². The third-order valence-electron chi connectivity index (χ3n) is 6.12. The van der Waals surface area contributed by atoms with Crippen molar-refractivity contribution in [2.45, 2.75) is 12.1 Å². The van der Waals surface area contributed by atoms with Gasteiger partial charge in [-0.05, 0) is 23.1 Å². The third kappa shape index (κ3) is 4.40. The standard InChI is InChI=1S/C26H27N3O2S/c30-26(21-17-27-22-10-5-4-9-20(21)22)25(19-7-2-1-3-8-19)28-18-23(24-11-6-16-32-24)29-12-14-31-15-13-29/h1-11,16-17,23,25,27-28H,12-15,18H2/t23-,25-/m0/s1. The molecule has 0 aliphatic carbocycles. The zero-order chi connectivity index (χ0) is 21.8. The molecule has 1 saturated heterocycles. The second kappa shape index (κ2) is 9.79. The van der Waals surface area contributed by atoms with Crippen LogP contribution in [-0.2, 0) is 4.74 Å². The quantitative estimate of drug-likeness (QED) is 0.382. The van der Waals surface area contributed by atoms with Crippen LogP contribution in [0.25, 0.3) is 10.9 Å². The van der Waals surface area contributed by atoms with Crippen LogP contribution in [0.1, 0.15) is 32.9 Å². The molecule has 1 aliphatic heterocycles. The number of para-hydroxylation sites is 1. The number of H-pyrrole nitrogens is 1. The molecule has 0 unspecified atom stereocenters. The van der Waals surface area contributed by atoms with Crippen LogP contribution in [-0.4, -0.2) is 48.5 Å². The summed E-state index contributed by atoms with van der Waals surface area (Å²) in [6, 6.07) is 22.1. The fourth-order valence-electron chi connectivity index (χ4n) is 4.45. The minimum Gasteiger partial charge on any atom is -0.379 e. The molecule has 0 spiro atoms. The maximum absolute atomic E-state index is 13.8. The summed E-state index contributed by atoms with van der Waals surface area (Å²) in [6.07, 6.45) is 1.84. The van der Waals surface area contributed by atoms with E-state index in [9.17, 15) is 4.79 Å². The zero-order valence-corrected chi connectivity index (χ0v) is 18.7. The average Bonchev–Trinajstić information content (AvgIpc) is 3.53. The van der Waals surface area contributed by atoms with Gasteiger partial charge in [0, 0.05) is 47.2 Å². The minimum absolute atomic E-state index is 0.0838. The molecule has 1 aliphatic rings. The van der Waals surface area contributed by atoms with Crippen LogP contribution in [0.15, 0.2) is 78.3 Å². The Bertz CT molecular complexity index is 1150. The molecule has 5 rings (SSSR count). The van der Waals surface area contributed by atoms with Crippen molar-refractivity contribution >= 4 is 28.0 Å². The number of nitrogens with zero attached hydrogens (tertiary/aromatic N) is 1. The van der Waals surface area contributed by atoms with E-state index in [4.69, 9.17) is 4.74 Å². The highest BCUT2D eigenvalue weighted by Gasteiger charge is 2.28. The first-order chi connectivity index (χ1) is 15.8. The summed E-state index contributed by atoms with van der Waals surface area (Å²) < 4.78 is 5.57. The van der Waals surface area contributed by atoms with Crippen LogP contribution in [0, 0.1) is 0 Å². The van der Waals surface area contributed by atoms with Gasteiger partial charge in [0.25, 0.3) is 0 Å². The smallest absolute Gasteiger partial charge is 0.186 e. The molecule has 164 valence electrons. The number of carbonyl (C=O) groups is 1. The van der Waals surface area contributed by atoms with Gasteiger partial charge >= 0.3 is 0 Å². The van der Waals surface area contributed by atoms with Crippen LogP contribution in [0.5, 0.6) is 0 Å². The Kier molecular flexibility index (Phi) is 6.46. The van der Waals surface area contributed by atoms with E-state index in [0.717, 1.165) is 48.3 Å². The summed E-state index contributed by atoms with van der Waals surface area (Å²) in [5.41, 5.74) is 2.68. The van der Waals surface area contributed by atoms with E-state index in [0.29, 0.717) is 6.54 Å². The van der Waals surface area contributed by atoms with E-state index < -0.39 is 6.04 Å². The molecule has 2 N–H and O–H groups in total. The predicted octanol–water partition coefficient (Wildman–Crippen LogP) is 4.82. The number of rotatable bonds is 8. The van der Waals surface area contributed by atoms with Gasteiger partial charge in [0.15, 0.2) is 5.78 Å². The number of ether oxygens (including phenoxy) is 1. The summed E-state index contributed by atoms with van der Waals surface area (Å²) in [5, 5.41) is 6.72. The monoisotopic (exact) mass is 445 g/mol. The molecule has 2 aromatic carbocycles. The summed E-state index contributed by atoms with van der Waals surface area (Å²) in [4.78, 5) is 20.8. The summed E-state index contributed by atoms with van der Waals surface area (Å²) >= 11 is 1.77. The number of hydrogen-bond acceptors (Lipinski definition) is 5. The van der Waals surface area contributed by atoms with E-state index in [2.05, 4.69) is 32.7 Å². The molecule has 2 aromatic heterocycles. The zero-order valence-electron chi connectivity index (χ0n) is 17.9. The van der Waals surface area contributed by atoms with Crippen molar-refractivity contribution in [1.29, 1.82) is 0 Å². The maximum Gasteiger partial charge on any atom is 0.186 e. The number of morpholine rings is 1. The van der Waals surface area contributed by atoms with Crippen LogP contribution >= 0.6 is 11.3 Å². The van der Waals surface area contributed by atoms with Crippen molar-refractivity contribution in [3.05, 3.63) is 94.3 Å². The summed E-state index contributed by atoms with van der Waals surface area (Å²) in [6.45, 7) is 3.98. The predicted molar refractivity (Wildman–Crippen MR) is 129 cm³/mol. The number of Topliss-reactive ketones (excluding diaryl/α,β-unsaturated/α-hetero) is 1. The summed E-state index contributed by atoms with van der Waals surface area (Å²) in [5.74, 6) is 0.0838. The van der Waals surface area contributed by atoms with E-state index >= 15 is 0 Å². The number of aromatic nitrogens is 1. The van der Waals surface area contributed by atoms with Gasteiger partial charge in [-0.15, -0.1) is 11.3 Å². The fraction of sp³-hybridized carbons (Fsp3) is 0.269. The molecule has 0 amide bonds. The van der Waals surface area contributed by atoms with Gasteiger partial charge in [-0.3, -0.25) is 9.69 Å². The van der Waals surface area contributed by atoms with E-state index in [-0.39, 0.29) is 11.8 Å². The van der Waals surface area contributed by atoms with Gasteiger partial charge in [-0.2, -0.15) is 0 Å². The number of carbonyl (C=O) groups excluding carboxylic acids is 1. The highest BCUT2D eigenvalue weighted by molar-refractivity contribution is 7.10. The van der Waals surface area contributed by atoms with Gasteiger partial charge in [0.2, 0.25) is 0 Å². The molecule has 0 radical (unpaired) electrons. The van der Waals surface area contributed by atoms with Gasteiger partial charge in [0.1, 0.15) is 0 Å². The molecule has 5 nitrogen and oxygen atoms in total. The Balaban J connectivity index is 1.44. The topological polar surface area (TPSA) is 57.4 Å². The van der Waals surface area contributed by atoms with Crippen molar-refractivity contribution in [2.24, 2.45) is 0 Å². The number of thiophene rings is 1. The lowest BCUT2D eigenvalue weighted by Gasteiger charge is -2.35. The maximum atomic E-state index is 13.8. The fourth-order valence-corrected chi connectivity index (χ4v) is 5.31. The van der Waals surface area contributed by atoms with Crippen molar-refractivity contribution in [2.75, 3.05) is 32.8 Å². The van der Waals surface area contributed by atoms with Gasteiger partial charge in [-0.25, -0.2) is 0 Å². The Morgan fingerprint density at radius 3 is 2.59 bits per heavy atom. The number of aromatic amines is 1. The number of nitrogens with one attached hydrogen (secondary N) is 2. The number of benzene rings is 2. The largest absolute Gasteiger partial charge is 0.379 e. The molecule has 3 heterocycles. The number of fused-ring (bicyclic) bond motifs is 1. The van der Waals surface area contributed by atoms with Gasteiger partial charge < -0.3 is 15.0 Å². The molecular formula is C26H27N3O2S. The summed E-state index contributed by atoms with van der Waals surface area (Å²) in [7, 11) is 0. The highest BCUT2D eigenvalue weighted by Crippen LogP contribution is 2.28. The lowest BCUT2D eigenvalue weighted by atomic mass is 9.96. The van der Waals surface area contributed by atoms with Crippen LogP contribution in [0.4, 0.5) is 0 Å². The van der Waals surface area contributed by atoms with Crippen molar-refractivity contribution in [3.8, 4) is 0 Å². The molecule has 32 heavy (non-hydrogen) atoms. The normalized spacial score (nSPS) is 16.8. The van der Waals surface area contributed by atoms with Gasteiger partial charge in [0.05, 0.1) is 25.3 Å². The van der Waals surface area contributed by atoms with Crippen LogP contribution in [0.2, 0.25) is 0 Å². The first-order valence-corrected chi connectivity index (χ1v) is 11.9. The number of ketones is 1. The molecule has 6 heteroatoms. The van der Waals surface area contributed by atoms with E-state index in [1.807, 2.05) is 60.8 Å². The molecule has 4 aromatic rings. The van der Waals surface area contributed by atoms with Crippen LogP contribution in [0.3, 0.4) is 0 Å². The Morgan fingerprint density at radius 1 is 1.03 bits per heavy atom. The van der Waals surface area contributed by atoms with Crippen LogP contribution < -0.4 is 5.32 Å². The highest BCUT2D eigenvalue weighted by atomic mass is 32.1. The molecule has 2 atom stereocenters. The lowest BCUT2D eigenvalue weighted by molar-refractivity contribution is 0.0163. The first kappa shape index (κ1) is 21.1. The Morgan fingerprint density at radius 2 is 1.81 bits per heavy atom. The van der Waals surface area contributed by atoms with Crippen molar-refractivity contribution < 1.29 is 9.53 Å². The van der Waals surface area contributed by atoms with Gasteiger partial charge in [-0.1, -0.05) is 54.6 Å². The molecule has 1 fully saturated rings. The van der Waals surface area contributed by atoms with Crippen molar-refractivity contribution in [1.82, 2.24) is 15.2 Å². The lowest BCUT2D eigenvalue weighted by Crippen LogP contribution is -2.44. The van der Waals surface area contributed by atoms with Crippen molar-refractivity contribution in [3.63, 3.8) is 0 Å². The Labute approximate surface area is 192 Å². The van der Waals surface area contributed by atoms with E-state index in [1.54, 1.807) is 11.3 Å². The molecule has 0 bridgehead atoms. The molecule has 0 saturated carbocycles. The SMILES string of the molecule is O=C(c1c[nH]c2ccccc12)[C@@H](NC[C@@H](c1cccs1)N1CCOCC1)c1ccccc1. The Hall–Kier alpha value is -2.77.